The van der Waals surface area contributed by atoms with Crippen molar-refractivity contribution in [3.8, 4) is 0 Å². The number of carboxylic acid groups (broad SMARTS) is 1. The molecule has 0 aromatic rings. The number of esters is 1. The van der Waals surface area contributed by atoms with Crippen LogP contribution in [0.25, 0.3) is 0 Å². The first-order valence-electron chi connectivity index (χ1n) is 20.4. The molecule has 8 heteroatoms. The summed E-state index contributed by atoms with van der Waals surface area (Å²) >= 11 is 0. The van der Waals surface area contributed by atoms with Crippen LogP contribution in [0.4, 0.5) is 0 Å². The fourth-order valence-electron chi connectivity index (χ4n) is 13.6. The third kappa shape index (κ3) is 6.08. The second kappa shape index (κ2) is 13.2. The van der Waals surface area contributed by atoms with Crippen LogP contribution in [0.15, 0.2) is 11.1 Å². The summed E-state index contributed by atoms with van der Waals surface area (Å²) in [7, 11) is 2.18. The Morgan fingerprint density at radius 2 is 1.59 bits per heavy atom. The maximum atomic E-state index is 14.0. The minimum atomic E-state index is -1.16. The van der Waals surface area contributed by atoms with Gasteiger partial charge in [0.2, 0.25) is 0 Å². The van der Waals surface area contributed by atoms with Crippen molar-refractivity contribution in [1.29, 1.82) is 0 Å². The summed E-state index contributed by atoms with van der Waals surface area (Å²) in [6.45, 7) is 22.5. The number of nitrogens with zero attached hydrogens (tertiary/aromatic N) is 1. The molecule has 51 heavy (non-hydrogen) atoms. The van der Waals surface area contributed by atoms with Gasteiger partial charge < -0.3 is 25.2 Å². The molecule has 0 radical (unpaired) electrons. The van der Waals surface area contributed by atoms with E-state index in [2.05, 4.69) is 65.7 Å². The number of hydrogen-bond acceptors (Lipinski definition) is 7. The molecule has 0 aromatic heterocycles. The number of ether oxygens (including phenoxy) is 1. The molecule has 0 bridgehead atoms. The molecule has 5 fully saturated rings. The van der Waals surface area contributed by atoms with Crippen LogP contribution in [0.3, 0.4) is 0 Å². The van der Waals surface area contributed by atoms with Gasteiger partial charge >= 0.3 is 11.9 Å². The number of carbonyl (C=O) groups excluding carboxylic acids is 2. The van der Waals surface area contributed by atoms with Crippen LogP contribution in [-0.2, 0) is 19.1 Å². The Kier molecular flexibility index (Phi) is 10.1. The Hall–Kier alpha value is -1.77. The maximum absolute atomic E-state index is 14.0. The number of rotatable bonds is 9. The predicted octanol–water partition coefficient (Wildman–Crippen LogP) is 7.42. The molecule has 3 N–H and O–H groups in total. The van der Waals surface area contributed by atoms with Gasteiger partial charge in [0, 0.05) is 29.8 Å². The monoisotopic (exact) mass is 711 g/mol. The number of carboxylic acids is 1. The SMILES string of the molecule is CC(C)C1=C2C3CCC4C5(C)CCC(OC(=O)CC(C)(C)C(=O)O)C(C)(C)C5CCC4(C)C3(C)CCC2(C(O)CNC2CCN(C)CC2)CC1=O. The first-order valence-corrected chi connectivity index (χ1v) is 20.4. The average molecular weight is 711 g/mol. The smallest absolute Gasteiger partial charge is 0.309 e. The molecule has 1 heterocycles. The van der Waals surface area contributed by atoms with Crippen molar-refractivity contribution < 1.29 is 29.3 Å². The molecule has 9 atom stereocenters. The van der Waals surface area contributed by atoms with Gasteiger partial charge in [-0.3, -0.25) is 14.4 Å². The number of allylic oxidation sites excluding steroid dienone is 1. The van der Waals surface area contributed by atoms with Crippen LogP contribution in [0.5, 0.6) is 0 Å². The number of ketones is 1. The van der Waals surface area contributed by atoms with E-state index in [1.165, 1.54) is 5.57 Å². The zero-order valence-corrected chi connectivity index (χ0v) is 33.6. The first-order chi connectivity index (χ1) is 23.6. The van der Waals surface area contributed by atoms with Crippen LogP contribution >= 0.6 is 0 Å². The van der Waals surface area contributed by atoms with Crippen LogP contribution in [-0.4, -0.2) is 77.8 Å². The van der Waals surface area contributed by atoms with Gasteiger partial charge in [-0.25, -0.2) is 0 Å². The highest BCUT2D eigenvalue weighted by Crippen LogP contribution is 2.77. The van der Waals surface area contributed by atoms with E-state index in [0.29, 0.717) is 30.8 Å². The number of aliphatic hydroxyl groups excluding tert-OH is 1. The number of piperidine rings is 1. The molecule has 9 unspecified atom stereocenters. The first kappa shape index (κ1) is 38.9. The summed E-state index contributed by atoms with van der Waals surface area (Å²) in [5.74, 6) is 0.204. The summed E-state index contributed by atoms with van der Waals surface area (Å²) in [5.41, 5.74) is 0.690. The fourth-order valence-corrected chi connectivity index (χ4v) is 13.6. The lowest BCUT2D eigenvalue weighted by molar-refractivity contribution is -0.235. The van der Waals surface area contributed by atoms with E-state index >= 15 is 0 Å². The van der Waals surface area contributed by atoms with Gasteiger partial charge in [0.15, 0.2) is 5.78 Å². The van der Waals surface area contributed by atoms with Crippen LogP contribution in [0, 0.1) is 56.2 Å². The van der Waals surface area contributed by atoms with Gasteiger partial charge in [-0.15, -0.1) is 0 Å². The van der Waals surface area contributed by atoms with Crippen molar-refractivity contribution in [2.24, 2.45) is 56.2 Å². The Morgan fingerprint density at radius 3 is 2.22 bits per heavy atom. The Labute approximate surface area is 308 Å². The molecule has 6 rings (SSSR count). The molecule has 6 aliphatic rings. The van der Waals surface area contributed by atoms with Crippen LogP contribution in [0.1, 0.15) is 139 Å². The van der Waals surface area contributed by atoms with Gasteiger partial charge in [0.25, 0.3) is 0 Å². The highest BCUT2D eigenvalue weighted by Gasteiger charge is 2.70. The van der Waals surface area contributed by atoms with Gasteiger partial charge in [0.05, 0.1) is 17.9 Å². The number of fused-ring (bicyclic) bond motifs is 7. The number of likely N-dealkylation sites (tertiary alicyclic amines) is 1. The highest BCUT2D eigenvalue weighted by atomic mass is 16.5. The quantitative estimate of drug-likeness (QED) is 0.212. The van der Waals surface area contributed by atoms with E-state index in [-0.39, 0.29) is 51.8 Å². The fraction of sp³-hybridized carbons (Fsp3) is 0.884. The Morgan fingerprint density at radius 1 is 0.922 bits per heavy atom. The maximum Gasteiger partial charge on any atom is 0.309 e. The molecule has 0 amide bonds. The number of carbonyl (C=O) groups is 3. The number of nitrogens with one attached hydrogen (secondary N) is 1. The molecule has 4 saturated carbocycles. The third-order valence-corrected chi connectivity index (χ3v) is 16.8. The molecular formula is C43H70N2O6. The molecule has 8 nitrogen and oxygen atoms in total. The number of Topliss-reactive ketones (excluding diaryl/α,β-unsaturated/α-hetero) is 1. The second-order valence-electron chi connectivity index (χ2n) is 20.6. The summed E-state index contributed by atoms with van der Waals surface area (Å²) in [6.07, 6.45) is 9.73. The van der Waals surface area contributed by atoms with E-state index in [9.17, 15) is 24.6 Å². The van der Waals surface area contributed by atoms with Crippen molar-refractivity contribution in [1.82, 2.24) is 10.2 Å². The zero-order chi connectivity index (χ0) is 37.5. The normalized spacial score (nSPS) is 40.7. The minimum Gasteiger partial charge on any atom is -0.481 e. The van der Waals surface area contributed by atoms with Crippen LogP contribution in [0.2, 0.25) is 0 Å². The largest absolute Gasteiger partial charge is 0.481 e. The second-order valence-corrected chi connectivity index (χ2v) is 20.6. The zero-order valence-electron chi connectivity index (χ0n) is 33.6. The van der Waals surface area contributed by atoms with Crippen molar-refractivity contribution in [3.63, 3.8) is 0 Å². The standard InChI is InChI=1S/C43H70N2O6/c1-26(2)35-29(46)23-43(32(47)25-44-27-15-21-45(10)22-16-27)20-19-41(8)28(36(35)43)11-12-31-40(7)17-14-33(51-34(48)24-38(3,4)37(49)50)39(5,6)30(40)13-18-42(31,41)9/h26-28,30-33,44,47H,11-25H2,1-10H3,(H,49,50). The number of aliphatic hydroxyl groups is 1. The highest BCUT2D eigenvalue weighted by molar-refractivity contribution is 6.00. The molecule has 1 aliphatic heterocycles. The lowest BCUT2D eigenvalue weighted by atomic mass is 9.33. The topological polar surface area (TPSA) is 116 Å². The summed E-state index contributed by atoms with van der Waals surface area (Å²) in [4.78, 5) is 41.2. The summed E-state index contributed by atoms with van der Waals surface area (Å²) in [6, 6.07) is 0.417. The average Bonchev–Trinajstić information content (AvgIpc) is 3.35. The summed E-state index contributed by atoms with van der Waals surface area (Å²) in [5, 5.41) is 25.6. The predicted molar refractivity (Wildman–Crippen MR) is 200 cm³/mol. The minimum absolute atomic E-state index is 0.0183. The van der Waals surface area contributed by atoms with E-state index in [1.54, 1.807) is 13.8 Å². The molecule has 288 valence electrons. The van der Waals surface area contributed by atoms with Crippen LogP contribution < -0.4 is 5.32 Å². The van der Waals surface area contributed by atoms with E-state index in [0.717, 1.165) is 82.9 Å². The Bertz CT molecular complexity index is 1430. The van der Waals surface area contributed by atoms with Gasteiger partial charge in [-0.2, -0.15) is 0 Å². The summed E-state index contributed by atoms with van der Waals surface area (Å²) < 4.78 is 6.17. The van der Waals surface area contributed by atoms with Crippen molar-refractivity contribution in [2.75, 3.05) is 26.7 Å². The molecule has 5 aliphatic carbocycles. The number of hydrogen-bond donors (Lipinski definition) is 3. The van der Waals surface area contributed by atoms with Gasteiger partial charge in [0.1, 0.15) is 6.10 Å². The number of aliphatic carboxylic acids is 1. The van der Waals surface area contributed by atoms with Crippen molar-refractivity contribution in [2.45, 2.75) is 158 Å². The Balaban J connectivity index is 1.26. The van der Waals surface area contributed by atoms with E-state index in [1.807, 2.05) is 0 Å². The molecule has 0 aromatic carbocycles. The van der Waals surface area contributed by atoms with Gasteiger partial charge in [-0.05, 0) is 144 Å². The molecule has 1 saturated heterocycles. The lowest BCUT2D eigenvalue weighted by Crippen LogP contribution is -2.66. The lowest BCUT2D eigenvalue weighted by Gasteiger charge is -2.72. The van der Waals surface area contributed by atoms with Crippen molar-refractivity contribution in [3.05, 3.63) is 11.1 Å². The molecule has 0 spiro atoms. The van der Waals surface area contributed by atoms with Crippen molar-refractivity contribution >= 4 is 17.7 Å². The third-order valence-electron chi connectivity index (χ3n) is 16.8. The van der Waals surface area contributed by atoms with E-state index in [4.69, 9.17) is 4.74 Å². The van der Waals surface area contributed by atoms with Gasteiger partial charge in [-0.1, -0.05) is 54.0 Å². The molecular weight excluding hydrogens is 640 g/mol. The van der Waals surface area contributed by atoms with E-state index < -0.39 is 28.9 Å².